The number of nitrogens with zero attached hydrogens (tertiary/aromatic N) is 2. The van der Waals surface area contributed by atoms with Gasteiger partial charge in [0.25, 0.3) is 0 Å². The lowest BCUT2D eigenvalue weighted by molar-refractivity contribution is -0.139. The van der Waals surface area contributed by atoms with Gasteiger partial charge in [0.05, 0.1) is 6.54 Å². The van der Waals surface area contributed by atoms with E-state index in [0.29, 0.717) is 12.5 Å². The second-order valence-corrected chi connectivity index (χ2v) is 5.84. The van der Waals surface area contributed by atoms with Crippen LogP contribution in [0.3, 0.4) is 0 Å². The molecule has 0 atom stereocenters. The molecule has 0 aliphatic rings. The second-order valence-electron chi connectivity index (χ2n) is 5.84. The molecular formula is C15H23F3N4O. The summed E-state index contributed by atoms with van der Waals surface area (Å²) >= 11 is 0. The normalized spacial score (nSPS) is 12.9. The van der Waals surface area contributed by atoms with Gasteiger partial charge < -0.3 is 15.4 Å². The summed E-state index contributed by atoms with van der Waals surface area (Å²) in [7, 11) is 0. The molecule has 0 radical (unpaired) electrons. The molecule has 0 spiro atoms. The predicted octanol–water partition coefficient (Wildman–Crippen LogP) is 2.83. The van der Waals surface area contributed by atoms with Gasteiger partial charge in [0, 0.05) is 18.3 Å². The maximum atomic E-state index is 12.8. The van der Waals surface area contributed by atoms with Gasteiger partial charge in [-0.3, -0.25) is 0 Å². The molecule has 0 bridgehead atoms. The maximum absolute atomic E-state index is 12.8. The van der Waals surface area contributed by atoms with Gasteiger partial charge in [-0.25, -0.2) is 9.98 Å². The smallest absolute Gasteiger partial charge is 0.421 e. The summed E-state index contributed by atoms with van der Waals surface area (Å²) in [6.07, 6.45) is -3.23. The lowest BCUT2D eigenvalue weighted by Crippen LogP contribution is -2.47. The Labute approximate surface area is 134 Å². The molecule has 0 aliphatic heterocycles. The third-order valence-corrected chi connectivity index (χ3v) is 2.51. The molecule has 2 N–H and O–H groups in total. The van der Waals surface area contributed by atoms with E-state index in [9.17, 15) is 13.2 Å². The fourth-order valence-electron chi connectivity index (χ4n) is 1.68. The molecular weight excluding hydrogens is 309 g/mol. The molecule has 0 aromatic carbocycles. The quantitative estimate of drug-likeness (QED) is 0.494. The van der Waals surface area contributed by atoms with Crippen molar-refractivity contribution in [2.75, 3.05) is 19.7 Å². The Balaban J connectivity index is 2.64. The van der Waals surface area contributed by atoms with Crippen LogP contribution in [0, 0.1) is 0 Å². The maximum Gasteiger partial charge on any atom is 0.421 e. The molecule has 1 heterocycles. The number of rotatable bonds is 5. The summed E-state index contributed by atoms with van der Waals surface area (Å²) in [6.45, 7) is 8.78. The first kappa shape index (κ1) is 19.1. The van der Waals surface area contributed by atoms with Crippen LogP contribution in [-0.2, 0) is 6.18 Å². The van der Waals surface area contributed by atoms with Crippen molar-refractivity contribution in [1.82, 2.24) is 15.6 Å². The van der Waals surface area contributed by atoms with E-state index in [1.807, 2.05) is 27.7 Å². The molecule has 0 amide bonds. The van der Waals surface area contributed by atoms with Gasteiger partial charge in [-0.2, -0.15) is 13.2 Å². The minimum Gasteiger partial charge on any atom is -0.475 e. The van der Waals surface area contributed by atoms with Crippen LogP contribution in [0.25, 0.3) is 0 Å². The summed E-state index contributed by atoms with van der Waals surface area (Å²) in [5.74, 6) is 0.157. The molecule has 1 aromatic rings. The minimum absolute atomic E-state index is 0.000804. The summed E-state index contributed by atoms with van der Waals surface area (Å²) in [5.41, 5.74) is -1.06. The highest BCUT2D eigenvalue weighted by Crippen LogP contribution is 2.34. The Bertz CT molecular complexity index is 524. The summed E-state index contributed by atoms with van der Waals surface area (Å²) < 4.78 is 43.5. The summed E-state index contributed by atoms with van der Waals surface area (Å²) in [4.78, 5) is 7.90. The van der Waals surface area contributed by atoms with Gasteiger partial charge in [0.1, 0.15) is 12.2 Å². The summed E-state index contributed by atoms with van der Waals surface area (Å²) in [6, 6.07) is 2.17. The molecule has 23 heavy (non-hydrogen) atoms. The van der Waals surface area contributed by atoms with Crippen molar-refractivity contribution in [3.63, 3.8) is 0 Å². The molecule has 1 aromatic heterocycles. The molecule has 0 unspecified atom stereocenters. The van der Waals surface area contributed by atoms with E-state index in [-0.39, 0.29) is 18.7 Å². The number of nitrogens with one attached hydrogen (secondary N) is 2. The van der Waals surface area contributed by atoms with Gasteiger partial charge in [-0.05, 0) is 39.8 Å². The Morgan fingerprint density at radius 1 is 1.30 bits per heavy atom. The van der Waals surface area contributed by atoms with Crippen molar-refractivity contribution in [1.29, 1.82) is 0 Å². The third-order valence-electron chi connectivity index (χ3n) is 2.51. The van der Waals surface area contributed by atoms with Crippen LogP contribution in [0.1, 0.15) is 33.3 Å². The van der Waals surface area contributed by atoms with Crippen LogP contribution in [0.4, 0.5) is 13.2 Å². The van der Waals surface area contributed by atoms with Crippen molar-refractivity contribution < 1.29 is 17.9 Å². The Morgan fingerprint density at radius 3 is 2.57 bits per heavy atom. The van der Waals surface area contributed by atoms with Crippen LogP contribution < -0.4 is 15.4 Å². The van der Waals surface area contributed by atoms with Crippen LogP contribution >= 0.6 is 0 Å². The van der Waals surface area contributed by atoms with Gasteiger partial charge in [0.2, 0.25) is 5.88 Å². The molecule has 1 rings (SSSR count). The predicted molar refractivity (Wildman–Crippen MR) is 83.6 cm³/mol. The van der Waals surface area contributed by atoms with Crippen molar-refractivity contribution in [2.24, 2.45) is 4.99 Å². The second kappa shape index (κ2) is 8.03. The Morgan fingerprint density at radius 2 is 2.00 bits per heavy atom. The number of alkyl halides is 3. The van der Waals surface area contributed by atoms with Crippen LogP contribution in [-0.4, -0.2) is 36.2 Å². The van der Waals surface area contributed by atoms with Crippen LogP contribution in [0.2, 0.25) is 0 Å². The molecule has 0 aliphatic carbocycles. The number of hydrogen-bond acceptors (Lipinski definition) is 3. The molecule has 130 valence electrons. The Hall–Kier alpha value is -1.99. The number of aromatic nitrogens is 1. The van der Waals surface area contributed by atoms with Crippen molar-refractivity contribution in [3.8, 4) is 5.88 Å². The number of pyridine rings is 1. The number of guanidine groups is 1. The zero-order valence-electron chi connectivity index (χ0n) is 13.8. The zero-order valence-corrected chi connectivity index (χ0v) is 13.8. The van der Waals surface area contributed by atoms with Gasteiger partial charge in [0.15, 0.2) is 5.96 Å². The van der Waals surface area contributed by atoms with E-state index in [0.717, 1.165) is 6.07 Å². The molecule has 0 fully saturated rings. The fraction of sp³-hybridized carbons (Fsp3) is 0.600. The average Bonchev–Trinajstić information content (AvgIpc) is 2.41. The van der Waals surface area contributed by atoms with E-state index in [1.165, 1.54) is 12.3 Å². The van der Waals surface area contributed by atoms with Crippen LogP contribution in [0.5, 0.6) is 5.88 Å². The lowest BCUT2D eigenvalue weighted by atomic mass is 10.1. The highest BCUT2D eigenvalue weighted by Gasteiger charge is 2.34. The number of ether oxygens (including phenoxy) is 1. The first-order chi connectivity index (χ1) is 10.6. The van der Waals surface area contributed by atoms with E-state index < -0.39 is 17.6 Å². The van der Waals surface area contributed by atoms with Crippen molar-refractivity contribution >= 4 is 5.96 Å². The molecule has 0 saturated carbocycles. The molecule has 5 nitrogen and oxygen atoms in total. The fourth-order valence-corrected chi connectivity index (χ4v) is 1.68. The standard InChI is InChI=1S/C15H23F3N4O/c1-5-19-13(22-14(2,3)4)21-9-10-23-12-11(15(16,17)18)7-6-8-20-12/h6-8H,5,9-10H2,1-4H3,(H2,19,21,22). The largest absolute Gasteiger partial charge is 0.475 e. The number of hydrogen-bond donors (Lipinski definition) is 2. The highest BCUT2D eigenvalue weighted by molar-refractivity contribution is 5.80. The third kappa shape index (κ3) is 7.21. The SMILES string of the molecule is CCNC(=NCCOc1ncccc1C(F)(F)F)NC(C)(C)C. The van der Waals surface area contributed by atoms with Crippen molar-refractivity contribution in [2.45, 2.75) is 39.4 Å². The average molecular weight is 332 g/mol. The molecule has 0 saturated heterocycles. The van der Waals surface area contributed by atoms with E-state index in [1.54, 1.807) is 0 Å². The first-order valence-electron chi connectivity index (χ1n) is 7.35. The topological polar surface area (TPSA) is 58.5 Å². The van der Waals surface area contributed by atoms with Crippen molar-refractivity contribution in [3.05, 3.63) is 23.9 Å². The lowest BCUT2D eigenvalue weighted by Gasteiger charge is -2.23. The van der Waals surface area contributed by atoms with Crippen LogP contribution in [0.15, 0.2) is 23.3 Å². The number of aliphatic imine (C=N–C) groups is 1. The van der Waals surface area contributed by atoms with Gasteiger partial charge >= 0.3 is 6.18 Å². The first-order valence-corrected chi connectivity index (χ1v) is 7.35. The molecule has 8 heteroatoms. The summed E-state index contributed by atoms with van der Waals surface area (Å²) in [5, 5.41) is 6.24. The minimum atomic E-state index is -4.49. The van der Waals surface area contributed by atoms with Gasteiger partial charge in [-0.1, -0.05) is 0 Å². The monoisotopic (exact) mass is 332 g/mol. The van der Waals surface area contributed by atoms with E-state index in [2.05, 4.69) is 20.6 Å². The van der Waals surface area contributed by atoms with E-state index in [4.69, 9.17) is 4.74 Å². The van der Waals surface area contributed by atoms with E-state index >= 15 is 0 Å². The van der Waals surface area contributed by atoms with Gasteiger partial charge in [-0.15, -0.1) is 0 Å². The highest BCUT2D eigenvalue weighted by atomic mass is 19.4. The zero-order chi connectivity index (χ0) is 17.5. The Kier molecular flexibility index (Phi) is 6.65. The number of halogens is 3.